The summed E-state index contributed by atoms with van der Waals surface area (Å²) in [5.41, 5.74) is 0.682. The molecule has 1 heterocycles. The lowest BCUT2D eigenvalue weighted by molar-refractivity contribution is -0.121. The van der Waals surface area contributed by atoms with E-state index in [1.807, 2.05) is 0 Å². The molecule has 2 unspecified atom stereocenters. The number of ether oxygens (including phenoxy) is 3. The van der Waals surface area contributed by atoms with Crippen LogP contribution < -0.4 is 9.97 Å². The molecule has 0 bridgehead atoms. The van der Waals surface area contributed by atoms with Crippen LogP contribution in [-0.2, 0) is 25.4 Å². The van der Waals surface area contributed by atoms with Crippen LogP contribution in [0.4, 0.5) is 4.79 Å². The van der Waals surface area contributed by atoms with Gasteiger partial charge in [-0.2, -0.15) is 0 Å². The summed E-state index contributed by atoms with van der Waals surface area (Å²) in [7, 11) is -1.36. The summed E-state index contributed by atoms with van der Waals surface area (Å²) >= 11 is 0. The van der Waals surface area contributed by atoms with Crippen LogP contribution in [0.25, 0.3) is 0 Å². The van der Waals surface area contributed by atoms with E-state index in [9.17, 15) is 19.4 Å². The predicted octanol–water partition coefficient (Wildman–Crippen LogP) is 2.53. The number of terminal acetylenes is 1. The molecule has 0 spiro atoms. The van der Waals surface area contributed by atoms with Gasteiger partial charge in [0.05, 0.1) is 5.94 Å². The minimum absolute atomic E-state index is 0.0692. The van der Waals surface area contributed by atoms with Crippen molar-refractivity contribution in [1.29, 1.82) is 0 Å². The maximum absolute atomic E-state index is 12.7. The van der Waals surface area contributed by atoms with Crippen molar-refractivity contribution in [2.24, 2.45) is 0 Å². The second kappa shape index (κ2) is 11.6. The highest BCUT2D eigenvalue weighted by atomic mass is 16.8. The number of hydrogen-bond acceptors (Lipinski definition) is 8. The van der Waals surface area contributed by atoms with Crippen molar-refractivity contribution in [3.05, 3.63) is 29.3 Å². The van der Waals surface area contributed by atoms with Crippen LogP contribution >= 0.6 is 0 Å². The summed E-state index contributed by atoms with van der Waals surface area (Å²) in [4.78, 5) is 36.6. The summed E-state index contributed by atoms with van der Waals surface area (Å²) in [6.45, 7) is 1.41. The number of carbonyl (C=O) groups excluding carboxylic acids is 3. The normalized spacial score (nSPS) is 18.7. The standard InChI is InChI=1S/C23H28BNO8/c1-3-4-13-20(26)25-19-14-16-9-8-12-18(21(16)33-24(19)29)22(27)30-15(2)31-23(28)32-17-10-6-5-7-11-17/h1,8-9,12,15,17,19,29H,4-7,10-11,13-14H2,2H3,(H,25,26). The number of rotatable bonds is 7. The lowest BCUT2D eigenvalue weighted by atomic mass is 9.72. The Kier molecular flexibility index (Phi) is 8.61. The predicted molar refractivity (Wildman–Crippen MR) is 118 cm³/mol. The molecule has 0 aromatic heterocycles. The molecule has 10 heteroatoms. The number of esters is 1. The van der Waals surface area contributed by atoms with Gasteiger partial charge in [-0.05, 0) is 43.7 Å². The average Bonchev–Trinajstić information content (AvgIpc) is 2.78. The largest absolute Gasteiger partial charge is 0.547 e. The highest BCUT2D eigenvalue weighted by molar-refractivity contribution is 6.47. The minimum atomic E-state index is -1.36. The van der Waals surface area contributed by atoms with Crippen molar-refractivity contribution < 1.29 is 38.3 Å². The molecule has 3 rings (SSSR count). The van der Waals surface area contributed by atoms with Gasteiger partial charge in [-0.1, -0.05) is 18.6 Å². The molecular formula is C23H28BNO8. The van der Waals surface area contributed by atoms with Gasteiger partial charge in [-0.25, -0.2) is 9.59 Å². The molecule has 1 aromatic rings. The van der Waals surface area contributed by atoms with E-state index in [0.717, 1.165) is 32.1 Å². The maximum Gasteiger partial charge on any atom is 0.547 e. The van der Waals surface area contributed by atoms with Crippen molar-refractivity contribution in [3.63, 3.8) is 0 Å². The van der Waals surface area contributed by atoms with Crippen LogP contribution in [0.5, 0.6) is 5.75 Å². The molecule has 1 saturated carbocycles. The van der Waals surface area contributed by atoms with Crippen molar-refractivity contribution in [2.75, 3.05) is 0 Å². The number of benzene rings is 1. The van der Waals surface area contributed by atoms with Crippen LogP contribution in [0.15, 0.2) is 18.2 Å². The number of fused-ring (bicyclic) bond motifs is 1. The minimum Gasteiger partial charge on any atom is -0.534 e. The van der Waals surface area contributed by atoms with E-state index in [0.29, 0.717) is 5.56 Å². The van der Waals surface area contributed by atoms with Crippen LogP contribution in [0.3, 0.4) is 0 Å². The molecule has 0 saturated heterocycles. The zero-order chi connectivity index (χ0) is 23.8. The number of hydrogen-bond donors (Lipinski definition) is 2. The molecule has 9 nitrogen and oxygen atoms in total. The molecule has 2 atom stereocenters. The fraction of sp³-hybridized carbons (Fsp3) is 0.522. The molecule has 1 aliphatic heterocycles. The first-order valence-electron chi connectivity index (χ1n) is 11.1. The van der Waals surface area contributed by atoms with Gasteiger partial charge in [-0.15, -0.1) is 12.3 Å². The van der Waals surface area contributed by atoms with Gasteiger partial charge in [-0.3, -0.25) is 4.79 Å². The number of amides is 1. The Labute approximate surface area is 193 Å². The van der Waals surface area contributed by atoms with Crippen molar-refractivity contribution in [1.82, 2.24) is 5.32 Å². The molecule has 1 amide bonds. The van der Waals surface area contributed by atoms with Crippen LogP contribution in [-0.4, -0.2) is 48.5 Å². The highest BCUT2D eigenvalue weighted by Crippen LogP contribution is 2.31. The Bertz CT molecular complexity index is 908. The molecule has 176 valence electrons. The quantitative estimate of drug-likeness (QED) is 0.278. The van der Waals surface area contributed by atoms with Gasteiger partial charge in [0, 0.05) is 19.8 Å². The van der Waals surface area contributed by atoms with Crippen LogP contribution in [0.2, 0.25) is 0 Å². The first-order chi connectivity index (χ1) is 15.9. The second-order valence-corrected chi connectivity index (χ2v) is 8.10. The Morgan fingerprint density at radius 1 is 1.27 bits per heavy atom. The van der Waals surface area contributed by atoms with Crippen LogP contribution in [0, 0.1) is 12.3 Å². The highest BCUT2D eigenvalue weighted by Gasteiger charge is 2.38. The monoisotopic (exact) mass is 457 g/mol. The molecule has 1 aliphatic carbocycles. The second-order valence-electron chi connectivity index (χ2n) is 8.10. The van der Waals surface area contributed by atoms with E-state index in [2.05, 4.69) is 11.2 Å². The summed E-state index contributed by atoms with van der Waals surface area (Å²) in [5.74, 6) is 0.766. The van der Waals surface area contributed by atoms with Gasteiger partial charge in [0.15, 0.2) is 0 Å². The Hall–Kier alpha value is -3.19. The summed E-state index contributed by atoms with van der Waals surface area (Å²) in [6.07, 6.45) is 8.33. The number of para-hydroxylation sites is 1. The average molecular weight is 457 g/mol. The number of carbonyl (C=O) groups is 3. The van der Waals surface area contributed by atoms with E-state index < -0.39 is 31.5 Å². The Balaban J connectivity index is 1.57. The maximum atomic E-state index is 12.7. The van der Waals surface area contributed by atoms with Crippen LogP contribution in [0.1, 0.15) is 67.8 Å². The first-order valence-corrected chi connectivity index (χ1v) is 11.1. The molecule has 2 aliphatic rings. The summed E-state index contributed by atoms with van der Waals surface area (Å²) in [6, 6.07) is 4.84. The lowest BCUT2D eigenvalue weighted by Gasteiger charge is -2.29. The summed E-state index contributed by atoms with van der Waals surface area (Å²) in [5, 5.41) is 13.0. The third-order valence-corrected chi connectivity index (χ3v) is 5.53. The lowest BCUT2D eigenvalue weighted by Crippen LogP contribution is -2.53. The van der Waals surface area contributed by atoms with Gasteiger partial charge < -0.3 is 29.2 Å². The molecule has 1 aromatic carbocycles. The van der Waals surface area contributed by atoms with Gasteiger partial charge >= 0.3 is 19.2 Å². The van der Waals surface area contributed by atoms with Gasteiger partial charge in [0.2, 0.25) is 12.2 Å². The zero-order valence-electron chi connectivity index (χ0n) is 18.6. The van der Waals surface area contributed by atoms with Crippen molar-refractivity contribution in [2.45, 2.75) is 76.6 Å². The smallest absolute Gasteiger partial charge is 0.534 e. The molecule has 33 heavy (non-hydrogen) atoms. The fourth-order valence-electron chi connectivity index (χ4n) is 3.89. The molecule has 1 fully saturated rings. The van der Waals surface area contributed by atoms with Crippen molar-refractivity contribution in [3.8, 4) is 18.1 Å². The molecule has 2 N–H and O–H groups in total. The topological polar surface area (TPSA) is 120 Å². The number of nitrogens with one attached hydrogen (secondary N) is 1. The van der Waals surface area contributed by atoms with Gasteiger partial charge in [0.25, 0.3) is 0 Å². The Morgan fingerprint density at radius 3 is 2.76 bits per heavy atom. The fourth-order valence-corrected chi connectivity index (χ4v) is 3.89. The first kappa shape index (κ1) is 24.5. The third kappa shape index (κ3) is 6.90. The van der Waals surface area contributed by atoms with E-state index in [1.165, 1.54) is 13.0 Å². The Morgan fingerprint density at radius 2 is 2.03 bits per heavy atom. The van der Waals surface area contributed by atoms with E-state index >= 15 is 0 Å². The van der Waals surface area contributed by atoms with E-state index in [-0.39, 0.29) is 42.6 Å². The SMILES string of the molecule is C#CCCC(=O)NC1Cc2cccc(C(=O)OC(C)OC(=O)OC3CCCCC3)c2OB1O. The summed E-state index contributed by atoms with van der Waals surface area (Å²) < 4.78 is 21.1. The molecular weight excluding hydrogens is 429 g/mol. The van der Waals surface area contributed by atoms with E-state index in [4.69, 9.17) is 25.3 Å². The zero-order valence-corrected chi connectivity index (χ0v) is 18.6. The molecule has 0 radical (unpaired) electrons. The van der Waals surface area contributed by atoms with E-state index in [1.54, 1.807) is 12.1 Å². The third-order valence-electron chi connectivity index (χ3n) is 5.53. The van der Waals surface area contributed by atoms with Crippen molar-refractivity contribution >= 4 is 25.2 Å². The van der Waals surface area contributed by atoms with Gasteiger partial charge in [0.1, 0.15) is 17.4 Å².